The van der Waals surface area contributed by atoms with Crippen molar-refractivity contribution >= 4 is 11.3 Å². The zero-order valence-corrected chi connectivity index (χ0v) is 17.0. The van der Waals surface area contributed by atoms with Gasteiger partial charge in [-0.1, -0.05) is 24.3 Å². The van der Waals surface area contributed by atoms with Crippen molar-refractivity contribution in [2.24, 2.45) is 0 Å². The third-order valence-electron chi connectivity index (χ3n) is 5.86. The van der Waals surface area contributed by atoms with E-state index in [4.69, 9.17) is 0 Å². The first-order valence-corrected chi connectivity index (χ1v) is 10.7. The highest BCUT2D eigenvalue weighted by Gasteiger charge is 2.24. The van der Waals surface area contributed by atoms with Crippen LogP contribution < -0.4 is 0 Å². The molecule has 2 aliphatic rings. The van der Waals surface area contributed by atoms with Crippen LogP contribution in [0.5, 0.6) is 0 Å². The van der Waals surface area contributed by atoms with Crippen molar-refractivity contribution in [2.75, 3.05) is 33.7 Å². The van der Waals surface area contributed by atoms with Crippen LogP contribution in [0, 0.1) is 0 Å². The van der Waals surface area contributed by atoms with Crippen LogP contribution in [0.2, 0.25) is 0 Å². The van der Waals surface area contributed by atoms with Crippen LogP contribution >= 0.6 is 11.3 Å². The second kappa shape index (κ2) is 8.22. The summed E-state index contributed by atoms with van der Waals surface area (Å²) < 4.78 is 0. The highest BCUT2D eigenvalue weighted by Crippen LogP contribution is 2.24. The molecule has 0 bridgehead atoms. The molecule has 1 aromatic carbocycles. The molecule has 2 aliphatic heterocycles. The summed E-state index contributed by atoms with van der Waals surface area (Å²) in [6.07, 6.45) is 3.92. The average Bonchev–Trinajstić information content (AvgIpc) is 3.28. The first-order valence-electron chi connectivity index (χ1n) is 9.93. The average molecular weight is 370 g/mol. The maximum Gasteiger partial charge on any atom is 0.0328 e. The molecule has 2 aromatic rings. The molecule has 0 radical (unpaired) electrons. The highest BCUT2D eigenvalue weighted by molar-refractivity contribution is 7.11. The van der Waals surface area contributed by atoms with Crippen molar-refractivity contribution in [1.82, 2.24) is 14.7 Å². The second-order valence-electron chi connectivity index (χ2n) is 8.09. The molecule has 140 valence electrons. The maximum atomic E-state index is 2.59. The van der Waals surface area contributed by atoms with Crippen molar-refractivity contribution in [3.63, 3.8) is 0 Å². The molecule has 0 N–H and O–H groups in total. The Morgan fingerprint density at radius 1 is 1.04 bits per heavy atom. The van der Waals surface area contributed by atoms with Crippen molar-refractivity contribution in [3.8, 4) is 0 Å². The summed E-state index contributed by atoms with van der Waals surface area (Å²) in [5.74, 6) is 0. The van der Waals surface area contributed by atoms with Gasteiger partial charge < -0.3 is 0 Å². The standard InChI is InChI=1S/C22H31N3S/c1-23(15-20-13-18-7-3-4-8-19(18)14-24(20)2)16-21-9-10-22(26-21)17-25-11-5-6-12-25/h3-4,7-10,20H,5-6,11-17H2,1-2H3. The van der Waals surface area contributed by atoms with Crippen molar-refractivity contribution in [3.05, 3.63) is 57.3 Å². The lowest BCUT2D eigenvalue weighted by Gasteiger charge is -2.36. The van der Waals surface area contributed by atoms with E-state index in [9.17, 15) is 0 Å². The maximum absolute atomic E-state index is 2.59. The van der Waals surface area contributed by atoms with E-state index in [2.05, 4.69) is 65.2 Å². The largest absolute Gasteiger partial charge is 0.300 e. The molecular weight excluding hydrogens is 338 g/mol. The van der Waals surface area contributed by atoms with Gasteiger partial charge in [0.2, 0.25) is 0 Å². The fourth-order valence-corrected chi connectivity index (χ4v) is 5.51. The SMILES string of the molecule is CN(Cc1ccc(CN2CCCC2)s1)CC1Cc2ccccc2CN1C. The molecule has 1 aromatic heterocycles. The summed E-state index contributed by atoms with van der Waals surface area (Å²) in [6.45, 7) is 6.98. The predicted molar refractivity (Wildman–Crippen MR) is 111 cm³/mol. The predicted octanol–water partition coefficient (Wildman–Crippen LogP) is 3.83. The first-order chi connectivity index (χ1) is 12.7. The first kappa shape index (κ1) is 18.2. The Bertz CT molecular complexity index is 720. The van der Waals surface area contributed by atoms with E-state index >= 15 is 0 Å². The molecule has 1 atom stereocenters. The summed E-state index contributed by atoms with van der Waals surface area (Å²) in [4.78, 5) is 10.6. The summed E-state index contributed by atoms with van der Waals surface area (Å²) in [6, 6.07) is 14.2. The van der Waals surface area contributed by atoms with Gasteiger partial charge in [0, 0.05) is 42.0 Å². The van der Waals surface area contributed by atoms with Crippen LogP contribution in [0.25, 0.3) is 0 Å². The fraction of sp³-hybridized carbons (Fsp3) is 0.545. The summed E-state index contributed by atoms with van der Waals surface area (Å²) >= 11 is 2.00. The van der Waals surface area contributed by atoms with Gasteiger partial charge in [-0.15, -0.1) is 11.3 Å². The zero-order chi connectivity index (χ0) is 17.9. The number of nitrogens with zero attached hydrogens (tertiary/aromatic N) is 3. The third-order valence-corrected chi connectivity index (χ3v) is 6.92. The van der Waals surface area contributed by atoms with E-state index in [1.54, 1.807) is 0 Å². The summed E-state index contributed by atoms with van der Waals surface area (Å²) in [5, 5.41) is 0. The van der Waals surface area contributed by atoms with E-state index in [1.807, 2.05) is 11.3 Å². The van der Waals surface area contributed by atoms with E-state index in [0.29, 0.717) is 6.04 Å². The van der Waals surface area contributed by atoms with E-state index in [-0.39, 0.29) is 0 Å². The van der Waals surface area contributed by atoms with E-state index in [1.165, 1.54) is 53.2 Å². The van der Waals surface area contributed by atoms with Gasteiger partial charge in [-0.2, -0.15) is 0 Å². The lowest BCUT2D eigenvalue weighted by molar-refractivity contribution is 0.159. The number of fused-ring (bicyclic) bond motifs is 1. The Morgan fingerprint density at radius 3 is 2.58 bits per heavy atom. The van der Waals surface area contributed by atoms with Crippen molar-refractivity contribution in [1.29, 1.82) is 0 Å². The van der Waals surface area contributed by atoms with Crippen LogP contribution in [0.15, 0.2) is 36.4 Å². The van der Waals surface area contributed by atoms with Gasteiger partial charge >= 0.3 is 0 Å². The molecule has 1 saturated heterocycles. The van der Waals surface area contributed by atoms with Gasteiger partial charge in [0.05, 0.1) is 0 Å². The lowest BCUT2D eigenvalue weighted by atomic mass is 9.94. The Labute approximate surface area is 162 Å². The number of rotatable bonds is 6. The van der Waals surface area contributed by atoms with Crippen LogP contribution in [0.1, 0.15) is 33.7 Å². The molecule has 1 fully saturated rings. The Kier molecular flexibility index (Phi) is 5.75. The fourth-order valence-electron chi connectivity index (χ4n) is 4.37. The van der Waals surface area contributed by atoms with Gasteiger partial charge in [0.1, 0.15) is 0 Å². The van der Waals surface area contributed by atoms with Crippen molar-refractivity contribution < 1.29 is 0 Å². The molecule has 1 unspecified atom stereocenters. The van der Waals surface area contributed by atoms with Crippen LogP contribution in [0.4, 0.5) is 0 Å². The molecule has 0 amide bonds. The van der Waals surface area contributed by atoms with Gasteiger partial charge in [-0.25, -0.2) is 0 Å². The van der Waals surface area contributed by atoms with Crippen LogP contribution in [0.3, 0.4) is 0 Å². The van der Waals surface area contributed by atoms with Gasteiger partial charge in [0.25, 0.3) is 0 Å². The number of hydrogen-bond acceptors (Lipinski definition) is 4. The Morgan fingerprint density at radius 2 is 1.77 bits per heavy atom. The van der Waals surface area contributed by atoms with Gasteiger partial charge in [-0.05, 0) is 69.7 Å². The number of thiophene rings is 1. The van der Waals surface area contributed by atoms with Crippen LogP contribution in [-0.2, 0) is 26.1 Å². The molecule has 0 spiro atoms. The number of benzene rings is 1. The number of likely N-dealkylation sites (tertiary alicyclic amines) is 1. The molecule has 0 saturated carbocycles. The minimum atomic E-state index is 0.610. The quantitative estimate of drug-likeness (QED) is 0.766. The summed E-state index contributed by atoms with van der Waals surface area (Å²) in [5.41, 5.74) is 3.03. The molecule has 4 heteroatoms. The van der Waals surface area contributed by atoms with Crippen LogP contribution in [-0.4, -0.2) is 54.5 Å². The molecule has 3 heterocycles. The van der Waals surface area contributed by atoms with Gasteiger partial charge in [-0.3, -0.25) is 14.7 Å². The molecule has 4 rings (SSSR count). The highest BCUT2D eigenvalue weighted by atomic mass is 32.1. The van der Waals surface area contributed by atoms with E-state index < -0.39 is 0 Å². The monoisotopic (exact) mass is 369 g/mol. The second-order valence-corrected chi connectivity index (χ2v) is 9.34. The van der Waals surface area contributed by atoms with Crippen molar-refractivity contribution in [2.45, 2.75) is 44.9 Å². The third kappa shape index (κ3) is 4.37. The Hall–Kier alpha value is -1.20. The number of likely N-dealkylation sites (N-methyl/N-ethyl adjacent to an activating group) is 2. The van der Waals surface area contributed by atoms with Gasteiger partial charge in [0.15, 0.2) is 0 Å². The Balaban J connectivity index is 1.31. The molecule has 26 heavy (non-hydrogen) atoms. The zero-order valence-electron chi connectivity index (χ0n) is 16.2. The topological polar surface area (TPSA) is 9.72 Å². The molecule has 3 nitrogen and oxygen atoms in total. The van der Waals surface area contributed by atoms with E-state index in [0.717, 1.165) is 26.2 Å². The summed E-state index contributed by atoms with van der Waals surface area (Å²) in [7, 11) is 4.54. The molecular formula is C22H31N3S. The normalized spacial score (nSPS) is 21.4. The number of hydrogen-bond donors (Lipinski definition) is 0. The lowest BCUT2D eigenvalue weighted by Crippen LogP contribution is -2.44. The molecule has 0 aliphatic carbocycles. The smallest absolute Gasteiger partial charge is 0.0328 e. The minimum absolute atomic E-state index is 0.610. The minimum Gasteiger partial charge on any atom is -0.300 e.